The molecule has 37 heavy (non-hydrogen) atoms. The monoisotopic (exact) mass is 531 g/mol. The fourth-order valence-electron chi connectivity index (χ4n) is 4.07. The molecule has 200 valence electrons. The summed E-state index contributed by atoms with van der Waals surface area (Å²) >= 11 is 0. The van der Waals surface area contributed by atoms with Crippen LogP contribution < -0.4 is 4.74 Å². The molecule has 11 heteroatoms. The van der Waals surface area contributed by atoms with Gasteiger partial charge in [0.15, 0.2) is 6.61 Å². The van der Waals surface area contributed by atoms with Gasteiger partial charge in [-0.15, -0.1) is 0 Å². The fourth-order valence-corrected chi connectivity index (χ4v) is 5.64. The highest BCUT2D eigenvalue weighted by molar-refractivity contribution is 7.89. The number of piperazine rings is 1. The highest BCUT2D eigenvalue weighted by Crippen LogP contribution is 2.26. The van der Waals surface area contributed by atoms with Gasteiger partial charge in [-0.1, -0.05) is 30.3 Å². The summed E-state index contributed by atoms with van der Waals surface area (Å²) < 4.78 is 38.4. The van der Waals surface area contributed by atoms with Crippen LogP contribution in [-0.4, -0.2) is 85.7 Å². The van der Waals surface area contributed by atoms with Crippen molar-refractivity contribution in [3.63, 3.8) is 0 Å². The number of hydrogen-bond acceptors (Lipinski definition) is 7. The van der Waals surface area contributed by atoms with Crippen LogP contribution in [-0.2, 0) is 35.7 Å². The van der Waals surface area contributed by atoms with Crippen LogP contribution in [0.1, 0.15) is 26.3 Å². The Labute approximate surface area is 217 Å². The quantitative estimate of drug-likeness (QED) is 0.454. The Morgan fingerprint density at radius 3 is 2.24 bits per heavy atom. The minimum absolute atomic E-state index is 0.0177. The molecule has 1 aliphatic rings. The molecule has 0 bridgehead atoms. The van der Waals surface area contributed by atoms with Gasteiger partial charge in [-0.2, -0.15) is 4.31 Å². The number of esters is 1. The van der Waals surface area contributed by atoms with Gasteiger partial charge in [-0.3, -0.25) is 9.59 Å². The number of amides is 2. The summed E-state index contributed by atoms with van der Waals surface area (Å²) in [6.07, 6.45) is 0. The van der Waals surface area contributed by atoms with Crippen molar-refractivity contribution in [1.29, 1.82) is 0 Å². The largest absolute Gasteiger partial charge is 0.482 e. The zero-order valence-electron chi connectivity index (χ0n) is 21.5. The molecule has 3 rings (SSSR count). The molecule has 0 spiro atoms. The second-order valence-corrected chi connectivity index (χ2v) is 10.9. The molecule has 1 saturated heterocycles. The van der Waals surface area contributed by atoms with Gasteiger partial charge in [0.05, 0.1) is 12.0 Å². The number of carbonyl (C=O) groups excluding carboxylic acids is 3. The zero-order valence-corrected chi connectivity index (χ0v) is 22.3. The second-order valence-electron chi connectivity index (χ2n) is 8.98. The number of nitrogens with zero attached hydrogens (tertiary/aromatic N) is 3. The summed E-state index contributed by atoms with van der Waals surface area (Å²) in [6.45, 7) is 5.28. The lowest BCUT2D eigenvalue weighted by atomic mass is 10.1. The van der Waals surface area contributed by atoms with Crippen LogP contribution in [0.2, 0.25) is 0 Å². The first-order valence-corrected chi connectivity index (χ1v) is 13.4. The van der Waals surface area contributed by atoms with E-state index in [9.17, 15) is 22.8 Å². The summed E-state index contributed by atoms with van der Waals surface area (Å²) in [6, 6.07) is 13.8. The molecule has 2 aromatic rings. The Bertz CT molecular complexity index is 1200. The summed E-state index contributed by atoms with van der Waals surface area (Å²) in [5.41, 5.74) is 0.917. The summed E-state index contributed by atoms with van der Waals surface area (Å²) in [7, 11) is -2.85. The van der Waals surface area contributed by atoms with Crippen LogP contribution in [0.3, 0.4) is 0 Å². The smallest absolute Gasteiger partial charge is 0.343 e. The predicted molar refractivity (Wildman–Crippen MR) is 136 cm³/mol. The molecule has 0 aromatic heterocycles. The van der Waals surface area contributed by atoms with Crippen LogP contribution in [0, 0.1) is 0 Å². The van der Waals surface area contributed by atoms with E-state index in [0.717, 1.165) is 5.56 Å². The molecule has 0 radical (unpaired) electrons. The normalized spacial score (nSPS) is 16.4. The number of benzene rings is 2. The van der Waals surface area contributed by atoms with Crippen molar-refractivity contribution in [2.75, 3.05) is 33.4 Å². The van der Waals surface area contributed by atoms with Gasteiger partial charge in [0, 0.05) is 39.1 Å². The number of hydrogen-bond donors (Lipinski definition) is 0. The van der Waals surface area contributed by atoms with Crippen LogP contribution in [0.15, 0.2) is 59.5 Å². The number of ether oxygens (including phenoxy) is 2. The van der Waals surface area contributed by atoms with Crippen LogP contribution in [0.25, 0.3) is 0 Å². The maximum Gasteiger partial charge on any atom is 0.343 e. The van der Waals surface area contributed by atoms with Crippen LogP contribution in [0.5, 0.6) is 5.75 Å². The third-order valence-corrected chi connectivity index (χ3v) is 8.10. The Morgan fingerprint density at radius 1 is 1.03 bits per heavy atom. The molecule has 1 heterocycles. The molecule has 0 N–H and O–H groups in total. The van der Waals surface area contributed by atoms with Crippen molar-refractivity contribution in [2.45, 2.75) is 44.3 Å². The van der Waals surface area contributed by atoms with E-state index in [2.05, 4.69) is 4.74 Å². The van der Waals surface area contributed by atoms with E-state index >= 15 is 0 Å². The number of carbonyl (C=O) groups is 3. The maximum atomic E-state index is 13.9. The van der Waals surface area contributed by atoms with Crippen molar-refractivity contribution in [1.82, 2.24) is 14.1 Å². The first kappa shape index (κ1) is 28.1. The lowest BCUT2D eigenvalue weighted by molar-refractivity contribution is -0.143. The van der Waals surface area contributed by atoms with Crippen LogP contribution in [0.4, 0.5) is 0 Å². The van der Waals surface area contributed by atoms with Gasteiger partial charge in [0.2, 0.25) is 21.8 Å². The molecular weight excluding hydrogens is 498 g/mol. The average molecular weight is 532 g/mol. The highest BCUT2D eigenvalue weighted by atomic mass is 32.2. The predicted octanol–water partition coefficient (Wildman–Crippen LogP) is 1.90. The molecular formula is C26H33N3O7S. The zero-order chi connectivity index (χ0) is 27.2. The topological polar surface area (TPSA) is 114 Å². The summed E-state index contributed by atoms with van der Waals surface area (Å²) in [4.78, 5) is 40.4. The van der Waals surface area contributed by atoms with Gasteiger partial charge in [-0.05, 0) is 43.7 Å². The molecule has 10 nitrogen and oxygen atoms in total. The van der Waals surface area contributed by atoms with E-state index in [1.165, 1.54) is 47.5 Å². The maximum absolute atomic E-state index is 13.9. The Balaban J connectivity index is 1.89. The van der Waals surface area contributed by atoms with E-state index < -0.39 is 22.0 Å². The fraction of sp³-hybridized carbons (Fsp3) is 0.423. The molecule has 1 atom stereocenters. The molecule has 2 amide bonds. The molecule has 0 saturated carbocycles. The summed E-state index contributed by atoms with van der Waals surface area (Å²) in [5.74, 6) is -0.855. The SMILES string of the molecule is COC(=O)COc1ccc(S(=O)(=O)N2CCN(C(C)=O)CC2C(=O)N(Cc2ccccc2)C(C)C)cc1. The van der Waals surface area contributed by atoms with Crippen molar-refractivity contribution < 1.29 is 32.3 Å². The van der Waals surface area contributed by atoms with Gasteiger partial charge < -0.3 is 19.3 Å². The number of sulfonamides is 1. The average Bonchev–Trinajstić information content (AvgIpc) is 2.90. The van der Waals surface area contributed by atoms with E-state index in [0.29, 0.717) is 12.3 Å². The van der Waals surface area contributed by atoms with Crippen molar-refractivity contribution >= 4 is 27.8 Å². The van der Waals surface area contributed by atoms with Crippen molar-refractivity contribution in [3.05, 3.63) is 60.2 Å². The van der Waals surface area contributed by atoms with Crippen molar-refractivity contribution in [3.8, 4) is 5.75 Å². The minimum Gasteiger partial charge on any atom is -0.482 e. The van der Waals surface area contributed by atoms with Gasteiger partial charge >= 0.3 is 5.97 Å². The van der Waals surface area contributed by atoms with E-state index in [1.807, 2.05) is 44.2 Å². The van der Waals surface area contributed by atoms with Gasteiger partial charge in [-0.25, -0.2) is 13.2 Å². The number of methoxy groups -OCH3 is 1. The van der Waals surface area contributed by atoms with Crippen LogP contribution >= 0.6 is 0 Å². The lowest BCUT2D eigenvalue weighted by Crippen LogP contribution is -2.62. The first-order chi connectivity index (χ1) is 17.5. The minimum atomic E-state index is -4.09. The summed E-state index contributed by atoms with van der Waals surface area (Å²) in [5, 5.41) is 0. The second kappa shape index (κ2) is 12.2. The third-order valence-electron chi connectivity index (χ3n) is 6.18. The molecule has 0 aliphatic carbocycles. The molecule has 1 fully saturated rings. The third kappa shape index (κ3) is 6.86. The van der Waals surface area contributed by atoms with Gasteiger partial charge in [0.25, 0.3) is 0 Å². The Morgan fingerprint density at radius 2 is 1.68 bits per heavy atom. The Hall–Kier alpha value is -3.44. The van der Waals surface area contributed by atoms with Crippen molar-refractivity contribution in [2.24, 2.45) is 0 Å². The lowest BCUT2D eigenvalue weighted by Gasteiger charge is -2.42. The number of rotatable bonds is 9. The van der Waals surface area contributed by atoms with E-state index in [4.69, 9.17) is 4.74 Å². The molecule has 1 unspecified atom stereocenters. The van der Waals surface area contributed by atoms with E-state index in [-0.39, 0.29) is 49.0 Å². The first-order valence-electron chi connectivity index (χ1n) is 12.0. The van der Waals surface area contributed by atoms with Gasteiger partial charge in [0.1, 0.15) is 11.8 Å². The highest BCUT2D eigenvalue weighted by Gasteiger charge is 2.42. The molecule has 1 aliphatic heterocycles. The Kier molecular flexibility index (Phi) is 9.28. The molecule has 2 aromatic carbocycles. The standard InChI is InChI=1S/C26H33N3O7S/c1-19(2)28(16-21-8-6-5-7-9-21)26(32)24-17-27(20(3)30)14-15-29(24)37(33,34)23-12-10-22(11-13-23)36-18-25(31)35-4/h5-13,19,24H,14-18H2,1-4H3. The van der Waals surface area contributed by atoms with E-state index in [1.54, 1.807) is 4.90 Å².